The molecule has 0 aromatic heterocycles. The zero-order chi connectivity index (χ0) is 19.5. The number of alkyl halides is 4. The van der Waals surface area contributed by atoms with Gasteiger partial charge in [-0.2, -0.15) is 13.2 Å². The largest absolute Gasteiger partial charge is 0.465 e. The number of piperidine rings is 1. The van der Waals surface area contributed by atoms with Gasteiger partial charge in [-0.1, -0.05) is 18.2 Å². The van der Waals surface area contributed by atoms with E-state index in [1.165, 1.54) is 13.1 Å². The van der Waals surface area contributed by atoms with Gasteiger partial charge >= 0.3 is 12.3 Å². The van der Waals surface area contributed by atoms with E-state index >= 15 is 0 Å². The zero-order valence-electron chi connectivity index (χ0n) is 14.2. The minimum atomic E-state index is -4.48. The van der Waals surface area contributed by atoms with E-state index in [4.69, 9.17) is 11.6 Å². The Bertz CT molecular complexity index is 673. The second kappa shape index (κ2) is 7.73. The maximum Gasteiger partial charge on any atom is 0.416 e. The van der Waals surface area contributed by atoms with Crippen LogP contribution < -0.4 is 0 Å². The van der Waals surface area contributed by atoms with Crippen LogP contribution in [0.15, 0.2) is 24.3 Å². The lowest BCUT2D eigenvalue weighted by Crippen LogP contribution is -2.50. The van der Waals surface area contributed by atoms with E-state index in [9.17, 15) is 27.9 Å². The van der Waals surface area contributed by atoms with Crippen molar-refractivity contribution in [1.29, 1.82) is 0 Å². The van der Waals surface area contributed by atoms with Crippen LogP contribution in [-0.4, -0.2) is 59.5 Å². The molecule has 0 unspecified atom stereocenters. The number of halogens is 4. The normalized spacial score (nSPS) is 17.0. The Morgan fingerprint density at radius 1 is 1.31 bits per heavy atom. The van der Waals surface area contributed by atoms with Crippen molar-refractivity contribution < 1.29 is 27.9 Å². The summed E-state index contributed by atoms with van der Waals surface area (Å²) in [6, 6.07) is 4.99. The minimum Gasteiger partial charge on any atom is -0.465 e. The Hall–Kier alpha value is -1.96. The average Bonchev–Trinajstić information content (AvgIpc) is 2.61. The molecule has 1 saturated heterocycles. The van der Waals surface area contributed by atoms with Gasteiger partial charge in [-0.3, -0.25) is 4.79 Å². The minimum absolute atomic E-state index is 0.0482. The van der Waals surface area contributed by atoms with Crippen molar-refractivity contribution in [3.05, 3.63) is 35.4 Å². The average molecular weight is 393 g/mol. The predicted molar refractivity (Wildman–Crippen MR) is 90.3 cm³/mol. The lowest BCUT2D eigenvalue weighted by atomic mass is 9.72. The maximum atomic E-state index is 13.1. The molecule has 0 bridgehead atoms. The number of likely N-dealkylation sites (tertiary alicyclic amines) is 1. The summed E-state index contributed by atoms with van der Waals surface area (Å²) in [6.07, 6.45) is -4.93. The van der Waals surface area contributed by atoms with Gasteiger partial charge in [0.1, 0.15) is 5.88 Å². The van der Waals surface area contributed by atoms with Gasteiger partial charge in [0, 0.05) is 32.1 Å². The third-order valence-corrected chi connectivity index (χ3v) is 5.08. The summed E-state index contributed by atoms with van der Waals surface area (Å²) in [4.78, 5) is 25.7. The van der Waals surface area contributed by atoms with Crippen molar-refractivity contribution in [1.82, 2.24) is 9.80 Å². The Balaban J connectivity index is 2.37. The van der Waals surface area contributed by atoms with Crippen LogP contribution in [0.3, 0.4) is 0 Å². The number of amides is 2. The molecule has 0 saturated carbocycles. The van der Waals surface area contributed by atoms with Gasteiger partial charge in [-0.05, 0) is 24.5 Å². The Morgan fingerprint density at radius 2 is 1.92 bits per heavy atom. The van der Waals surface area contributed by atoms with E-state index < -0.39 is 23.2 Å². The first kappa shape index (κ1) is 20.4. The molecule has 0 radical (unpaired) electrons. The molecule has 1 aromatic rings. The van der Waals surface area contributed by atoms with Crippen molar-refractivity contribution in [3.8, 4) is 0 Å². The molecule has 1 N–H and O–H groups in total. The van der Waals surface area contributed by atoms with E-state index in [1.54, 1.807) is 11.0 Å². The summed E-state index contributed by atoms with van der Waals surface area (Å²) in [5.74, 6) is -0.401. The van der Waals surface area contributed by atoms with Crippen LogP contribution in [0, 0.1) is 0 Å². The van der Waals surface area contributed by atoms with Crippen LogP contribution in [0.4, 0.5) is 18.0 Å². The monoisotopic (exact) mass is 392 g/mol. The summed E-state index contributed by atoms with van der Waals surface area (Å²) in [5, 5.41) is 9.20. The molecule has 2 rings (SSSR count). The first-order chi connectivity index (χ1) is 12.1. The van der Waals surface area contributed by atoms with E-state index in [-0.39, 0.29) is 18.3 Å². The first-order valence-electron chi connectivity index (χ1n) is 8.04. The van der Waals surface area contributed by atoms with Gasteiger partial charge in [0.2, 0.25) is 5.91 Å². The number of benzene rings is 1. The molecule has 144 valence electrons. The topological polar surface area (TPSA) is 60.9 Å². The number of rotatable bonds is 4. The summed E-state index contributed by atoms with van der Waals surface area (Å²) in [5.41, 5.74) is -1.14. The molecule has 0 spiro atoms. The Kier molecular flexibility index (Phi) is 6.05. The quantitative estimate of drug-likeness (QED) is 0.799. The molecule has 1 aromatic carbocycles. The second-order valence-corrected chi connectivity index (χ2v) is 6.78. The highest BCUT2D eigenvalue weighted by Crippen LogP contribution is 2.39. The second-order valence-electron chi connectivity index (χ2n) is 6.51. The Labute approximate surface area is 154 Å². The Morgan fingerprint density at radius 3 is 2.42 bits per heavy atom. The van der Waals surface area contributed by atoms with E-state index in [0.717, 1.165) is 17.0 Å². The summed E-state index contributed by atoms with van der Waals surface area (Å²) in [7, 11) is 1.38. The molecule has 1 heterocycles. The van der Waals surface area contributed by atoms with E-state index in [0.29, 0.717) is 31.5 Å². The van der Waals surface area contributed by atoms with Crippen LogP contribution in [-0.2, 0) is 16.4 Å². The van der Waals surface area contributed by atoms with Crippen LogP contribution in [0.1, 0.15) is 24.0 Å². The summed E-state index contributed by atoms with van der Waals surface area (Å²) < 4.78 is 39.3. The van der Waals surface area contributed by atoms with Crippen molar-refractivity contribution in [2.24, 2.45) is 0 Å². The van der Waals surface area contributed by atoms with Crippen molar-refractivity contribution in [3.63, 3.8) is 0 Å². The molecular weight excluding hydrogens is 373 g/mol. The predicted octanol–water partition coefficient (Wildman–Crippen LogP) is 3.41. The zero-order valence-corrected chi connectivity index (χ0v) is 15.0. The molecule has 0 aliphatic carbocycles. The van der Waals surface area contributed by atoms with Gasteiger partial charge < -0.3 is 14.9 Å². The van der Waals surface area contributed by atoms with Gasteiger partial charge in [0.25, 0.3) is 0 Å². The fourth-order valence-corrected chi connectivity index (χ4v) is 3.52. The number of carbonyl (C=O) groups excluding carboxylic acids is 1. The number of carboxylic acid groups (broad SMARTS) is 1. The molecule has 1 aliphatic heterocycles. The van der Waals surface area contributed by atoms with Gasteiger partial charge in [-0.25, -0.2) is 4.79 Å². The van der Waals surface area contributed by atoms with Crippen LogP contribution in [0.25, 0.3) is 0 Å². The molecule has 1 aliphatic rings. The lowest BCUT2D eigenvalue weighted by molar-refractivity contribution is -0.137. The fourth-order valence-electron chi connectivity index (χ4n) is 3.35. The third kappa shape index (κ3) is 4.41. The number of carbonyl (C=O) groups is 2. The highest BCUT2D eigenvalue weighted by atomic mass is 35.5. The molecule has 9 heteroatoms. The summed E-state index contributed by atoms with van der Waals surface area (Å²) >= 11 is 5.57. The van der Waals surface area contributed by atoms with Crippen molar-refractivity contribution in [2.45, 2.75) is 24.4 Å². The van der Waals surface area contributed by atoms with Gasteiger partial charge in [0.15, 0.2) is 0 Å². The van der Waals surface area contributed by atoms with Gasteiger partial charge in [-0.15, -0.1) is 11.6 Å². The molecule has 0 atom stereocenters. The number of nitrogens with zero attached hydrogens (tertiary/aromatic N) is 2. The molecule has 1 fully saturated rings. The SMILES string of the molecule is CN(CC1(c2cccc(C(F)(F)F)c2)CCN(C(=O)CCl)CC1)C(=O)O. The van der Waals surface area contributed by atoms with Crippen LogP contribution in [0.2, 0.25) is 0 Å². The standard InChI is InChI=1S/C17H20ClF3N2O3/c1-22(15(25)26)11-16(5-7-23(8-6-16)14(24)10-18)12-3-2-4-13(9-12)17(19,20)21/h2-4,9H,5-8,10-11H2,1H3,(H,25,26). The first-order valence-corrected chi connectivity index (χ1v) is 8.58. The maximum absolute atomic E-state index is 13.1. The fraction of sp³-hybridized carbons (Fsp3) is 0.529. The van der Waals surface area contributed by atoms with Crippen molar-refractivity contribution >= 4 is 23.6 Å². The van der Waals surface area contributed by atoms with Crippen LogP contribution >= 0.6 is 11.6 Å². The molecular formula is C17H20ClF3N2O3. The lowest BCUT2D eigenvalue weighted by Gasteiger charge is -2.43. The number of likely N-dealkylation sites (N-methyl/N-ethyl adjacent to an activating group) is 1. The molecule has 2 amide bonds. The van der Waals surface area contributed by atoms with Gasteiger partial charge in [0.05, 0.1) is 5.56 Å². The highest BCUT2D eigenvalue weighted by Gasteiger charge is 2.40. The molecule has 5 nitrogen and oxygen atoms in total. The smallest absolute Gasteiger partial charge is 0.416 e. The summed E-state index contributed by atoms with van der Waals surface area (Å²) in [6.45, 7) is 0.678. The third-order valence-electron chi connectivity index (χ3n) is 4.86. The number of hydrogen-bond donors (Lipinski definition) is 1. The number of hydrogen-bond acceptors (Lipinski definition) is 2. The molecule has 26 heavy (non-hydrogen) atoms. The highest BCUT2D eigenvalue weighted by molar-refractivity contribution is 6.27. The van der Waals surface area contributed by atoms with E-state index in [2.05, 4.69) is 0 Å². The van der Waals surface area contributed by atoms with Crippen molar-refractivity contribution in [2.75, 3.05) is 32.6 Å². The van der Waals surface area contributed by atoms with E-state index in [1.807, 2.05) is 0 Å². The van der Waals surface area contributed by atoms with Crippen LogP contribution in [0.5, 0.6) is 0 Å².